The highest BCUT2D eigenvalue weighted by atomic mass is 15.3. The lowest BCUT2D eigenvalue weighted by Gasteiger charge is -2.37. The van der Waals surface area contributed by atoms with Gasteiger partial charge in [0.05, 0.1) is 6.07 Å². The summed E-state index contributed by atoms with van der Waals surface area (Å²) in [5.41, 5.74) is 5.62. The molecule has 4 heteroatoms. The molecule has 1 heterocycles. The summed E-state index contributed by atoms with van der Waals surface area (Å²) < 4.78 is 0. The van der Waals surface area contributed by atoms with E-state index < -0.39 is 5.54 Å². The van der Waals surface area contributed by atoms with Crippen LogP contribution in [0.1, 0.15) is 26.2 Å². The van der Waals surface area contributed by atoms with Gasteiger partial charge in [-0.3, -0.25) is 4.90 Å². The Morgan fingerprint density at radius 3 is 2.29 bits per heavy atom. The number of rotatable bonds is 5. The number of nitrogens with two attached hydrogens (primary N) is 1. The van der Waals surface area contributed by atoms with Crippen molar-refractivity contribution in [3.8, 4) is 6.07 Å². The van der Waals surface area contributed by atoms with Gasteiger partial charge >= 0.3 is 0 Å². The van der Waals surface area contributed by atoms with Crippen LogP contribution in [0, 0.1) is 17.2 Å². The van der Waals surface area contributed by atoms with Gasteiger partial charge in [-0.25, -0.2) is 0 Å². The van der Waals surface area contributed by atoms with Crippen LogP contribution in [-0.4, -0.2) is 54.6 Å². The molecule has 1 saturated heterocycles. The van der Waals surface area contributed by atoms with Gasteiger partial charge in [-0.2, -0.15) is 5.26 Å². The molecular weight excluding hydrogens is 212 g/mol. The van der Waals surface area contributed by atoms with Crippen LogP contribution in [0.15, 0.2) is 0 Å². The maximum atomic E-state index is 9.25. The molecule has 4 nitrogen and oxygen atoms in total. The largest absolute Gasteiger partial charge is 0.312 e. The lowest BCUT2D eigenvalue weighted by atomic mass is 9.95. The Bertz CT molecular complexity index is 286. The minimum atomic E-state index is -0.590. The van der Waals surface area contributed by atoms with Crippen molar-refractivity contribution in [1.29, 1.82) is 5.26 Å². The van der Waals surface area contributed by atoms with Crippen molar-refractivity contribution in [2.75, 3.05) is 39.3 Å². The van der Waals surface area contributed by atoms with E-state index in [9.17, 15) is 5.26 Å². The summed E-state index contributed by atoms with van der Waals surface area (Å²) in [6.45, 7) is 8.55. The molecule has 0 aromatic heterocycles. The van der Waals surface area contributed by atoms with Crippen molar-refractivity contribution in [2.45, 2.75) is 31.7 Å². The SMILES string of the molecule is CCCN1CCN(CC(N)(C#N)C2CC2)CC1. The van der Waals surface area contributed by atoms with Gasteiger partial charge in [-0.1, -0.05) is 6.92 Å². The van der Waals surface area contributed by atoms with E-state index in [-0.39, 0.29) is 0 Å². The minimum Gasteiger partial charge on any atom is -0.312 e. The lowest BCUT2D eigenvalue weighted by Crippen LogP contribution is -2.56. The zero-order chi connectivity index (χ0) is 12.3. The van der Waals surface area contributed by atoms with Crippen LogP contribution >= 0.6 is 0 Å². The van der Waals surface area contributed by atoms with Crippen LogP contribution in [0.2, 0.25) is 0 Å². The Kier molecular flexibility index (Phi) is 4.03. The molecule has 1 aliphatic carbocycles. The van der Waals surface area contributed by atoms with E-state index in [0.29, 0.717) is 5.92 Å². The summed E-state index contributed by atoms with van der Waals surface area (Å²) in [4.78, 5) is 4.87. The van der Waals surface area contributed by atoms with E-state index in [2.05, 4.69) is 22.8 Å². The maximum Gasteiger partial charge on any atom is 0.119 e. The first-order chi connectivity index (χ1) is 8.18. The number of nitrogens with zero attached hydrogens (tertiary/aromatic N) is 3. The second kappa shape index (κ2) is 5.34. The molecule has 2 fully saturated rings. The first-order valence-electron chi connectivity index (χ1n) is 6.83. The van der Waals surface area contributed by atoms with Crippen molar-refractivity contribution < 1.29 is 0 Å². The number of hydrogen-bond donors (Lipinski definition) is 1. The second-order valence-corrected chi connectivity index (χ2v) is 5.54. The van der Waals surface area contributed by atoms with E-state index in [4.69, 9.17) is 5.73 Å². The van der Waals surface area contributed by atoms with Gasteiger partial charge < -0.3 is 10.6 Å². The summed E-state index contributed by atoms with van der Waals surface area (Å²) in [5.74, 6) is 0.446. The van der Waals surface area contributed by atoms with Crippen LogP contribution in [0.5, 0.6) is 0 Å². The standard InChI is InChI=1S/C13H24N4/c1-2-5-16-6-8-17(9-7-16)11-13(15,10-14)12-3-4-12/h12H,2-9,11,15H2,1H3. The van der Waals surface area contributed by atoms with Crippen LogP contribution in [-0.2, 0) is 0 Å². The predicted molar refractivity (Wildman–Crippen MR) is 68.4 cm³/mol. The fourth-order valence-electron chi connectivity index (χ4n) is 2.71. The van der Waals surface area contributed by atoms with Crippen molar-refractivity contribution in [3.05, 3.63) is 0 Å². The molecule has 2 aliphatic rings. The number of hydrogen-bond acceptors (Lipinski definition) is 4. The molecule has 17 heavy (non-hydrogen) atoms. The smallest absolute Gasteiger partial charge is 0.119 e. The predicted octanol–water partition coefficient (Wildman–Crippen LogP) is 0.645. The normalized spacial score (nSPS) is 26.4. The van der Waals surface area contributed by atoms with Gasteiger partial charge in [-0.05, 0) is 31.7 Å². The summed E-state index contributed by atoms with van der Waals surface area (Å²) in [5, 5.41) is 9.25. The highest BCUT2D eigenvalue weighted by Gasteiger charge is 2.43. The van der Waals surface area contributed by atoms with Crippen molar-refractivity contribution >= 4 is 0 Å². The van der Waals surface area contributed by atoms with Crippen LogP contribution in [0.25, 0.3) is 0 Å². The minimum absolute atomic E-state index is 0.446. The molecule has 0 aromatic carbocycles. The van der Waals surface area contributed by atoms with Gasteiger partial charge in [0.1, 0.15) is 5.54 Å². The van der Waals surface area contributed by atoms with Crippen LogP contribution < -0.4 is 5.73 Å². The summed E-state index contributed by atoms with van der Waals surface area (Å²) in [7, 11) is 0. The molecule has 0 bridgehead atoms. The van der Waals surface area contributed by atoms with E-state index >= 15 is 0 Å². The third kappa shape index (κ3) is 3.19. The molecule has 1 unspecified atom stereocenters. The third-order valence-electron chi connectivity index (χ3n) is 4.00. The molecule has 0 spiro atoms. The number of nitriles is 1. The van der Waals surface area contributed by atoms with E-state index in [0.717, 1.165) is 45.6 Å². The Morgan fingerprint density at radius 2 is 1.82 bits per heavy atom. The van der Waals surface area contributed by atoms with Crippen LogP contribution in [0.3, 0.4) is 0 Å². The molecule has 96 valence electrons. The van der Waals surface area contributed by atoms with Crippen LogP contribution in [0.4, 0.5) is 0 Å². The zero-order valence-electron chi connectivity index (χ0n) is 10.9. The zero-order valence-corrected chi connectivity index (χ0v) is 10.9. The Labute approximate surface area is 104 Å². The Hall–Kier alpha value is -0.630. The molecule has 0 radical (unpaired) electrons. The molecule has 1 saturated carbocycles. The molecule has 1 atom stereocenters. The molecular formula is C13H24N4. The van der Waals surface area contributed by atoms with Crippen molar-refractivity contribution in [1.82, 2.24) is 9.80 Å². The highest BCUT2D eigenvalue weighted by Crippen LogP contribution is 2.38. The van der Waals surface area contributed by atoms with E-state index in [1.54, 1.807) is 0 Å². The average Bonchev–Trinajstić information content (AvgIpc) is 3.16. The third-order valence-corrected chi connectivity index (χ3v) is 4.00. The molecule has 0 amide bonds. The summed E-state index contributed by atoms with van der Waals surface area (Å²) >= 11 is 0. The van der Waals surface area contributed by atoms with Gasteiger partial charge in [0, 0.05) is 32.7 Å². The summed E-state index contributed by atoms with van der Waals surface area (Å²) in [6.07, 6.45) is 3.50. The highest BCUT2D eigenvalue weighted by molar-refractivity contribution is 5.14. The van der Waals surface area contributed by atoms with Gasteiger partial charge in [0.15, 0.2) is 0 Å². The maximum absolute atomic E-state index is 9.25. The van der Waals surface area contributed by atoms with Gasteiger partial charge in [-0.15, -0.1) is 0 Å². The molecule has 2 rings (SSSR count). The molecule has 0 aromatic rings. The van der Waals surface area contributed by atoms with E-state index in [1.807, 2.05) is 0 Å². The van der Waals surface area contributed by atoms with E-state index in [1.165, 1.54) is 13.0 Å². The van der Waals surface area contributed by atoms with Crippen molar-refractivity contribution in [2.24, 2.45) is 11.7 Å². The molecule has 1 aliphatic heterocycles. The Balaban J connectivity index is 1.79. The Morgan fingerprint density at radius 1 is 1.24 bits per heavy atom. The molecule has 2 N–H and O–H groups in total. The lowest BCUT2D eigenvalue weighted by molar-refractivity contribution is 0.115. The quantitative estimate of drug-likeness (QED) is 0.761. The van der Waals surface area contributed by atoms with Gasteiger partial charge in [0.25, 0.3) is 0 Å². The van der Waals surface area contributed by atoms with Gasteiger partial charge in [0.2, 0.25) is 0 Å². The fraction of sp³-hybridized carbons (Fsp3) is 0.923. The number of piperazine rings is 1. The average molecular weight is 236 g/mol. The summed E-state index contributed by atoms with van der Waals surface area (Å²) in [6, 6.07) is 2.35. The fourth-order valence-corrected chi connectivity index (χ4v) is 2.71. The topological polar surface area (TPSA) is 56.3 Å². The first kappa shape index (κ1) is 12.8. The monoisotopic (exact) mass is 236 g/mol. The van der Waals surface area contributed by atoms with Crippen molar-refractivity contribution in [3.63, 3.8) is 0 Å². The first-order valence-corrected chi connectivity index (χ1v) is 6.83. The second-order valence-electron chi connectivity index (χ2n) is 5.54.